The molecule has 2 fully saturated rings. The van der Waals surface area contributed by atoms with Crippen LogP contribution < -0.4 is 0 Å². The molecule has 3 rings (SSSR count). The number of fused-ring (bicyclic) bond motifs is 2. The lowest BCUT2D eigenvalue weighted by molar-refractivity contribution is 0.195. The van der Waals surface area contributed by atoms with E-state index in [1.807, 2.05) is 13.8 Å². The smallest absolute Gasteiger partial charge is 0.323 e. The topological polar surface area (TPSA) is 51.0 Å². The summed E-state index contributed by atoms with van der Waals surface area (Å²) in [6.07, 6.45) is 6.98. The third-order valence-corrected chi connectivity index (χ3v) is 5.95. The maximum absolute atomic E-state index is 12.1. The Balaban J connectivity index is 1.64. The fourth-order valence-electron chi connectivity index (χ4n) is 3.24. The predicted molar refractivity (Wildman–Crippen MR) is 78.8 cm³/mol. The third-order valence-electron chi connectivity index (χ3n) is 4.67. The Morgan fingerprint density at radius 3 is 2.85 bits per heavy atom. The van der Waals surface area contributed by atoms with Crippen LogP contribution in [0.3, 0.4) is 0 Å². The minimum absolute atomic E-state index is 0.118. The average Bonchev–Trinajstić information content (AvgIpc) is 3.12. The molecule has 0 aromatic carbocycles. The summed E-state index contributed by atoms with van der Waals surface area (Å²) in [6, 6.07) is 0.0423. The third kappa shape index (κ3) is 2.57. The molecule has 5 nitrogen and oxygen atoms in total. The van der Waals surface area contributed by atoms with Gasteiger partial charge in [-0.25, -0.2) is 9.78 Å². The number of carbonyl (C=O) groups excluding carboxylic acids is 1. The zero-order valence-electron chi connectivity index (χ0n) is 12.3. The highest BCUT2D eigenvalue weighted by atomic mass is 32.2. The average molecular weight is 294 g/mol. The highest BCUT2D eigenvalue weighted by Crippen LogP contribution is 2.50. The predicted octanol–water partition coefficient (Wildman–Crippen LogP) is 2.87. The van der Waals surface area contributed by atoms with Crippen molar-refractivity contribution in [2.24, 2.45) is 11.8 Å². The van der Waals surface area contributed by atoms with Gasteiger partial charge in [-0.3, -0.25) is 0 Å². The Morgan fingerprint density at radius 2 is 2.25 bits per heavy atom. The number of thioether (sulfide) groups is 1. The first kappa shape index (κ1) is 13.9. The number of amides is 1. The second kappa shape index (κ2) is 5.39. The van der Waals surface area contributed by atoms with Crippen molar-refractivity contribution < 1.29 is 4.79 Å². The molecule has 1 aromatic heterocycles. The van der Waals surface area contributed by atoms with E-state index in [-0.39, 0.29) is 12.1 Å². The summed E-state index contributed by atoms with van der Waals surface area (Å²) in [5.74, 6) is 1.76. The van der Waals surface area contributed by atoms with Crippen molar-refractivity contribution in [3.8, 4) is 0 Å². The highest BCUT2D eigenvalue weighted by Gasteiger charge is 2.40. The van der Waals surface area contributed by atoms with Crippen LogP contribution in [0.15, 0.2) is 11.5 Å². The molecule has 2 aliphatic carbocycles. The number of rotatable bonds is 3. The van der Waals surface area contributed by atoms with Gasteiger partial charge in [-0.1, -0.05) is 18.2 Å². The van der Waals surface area contributed by atoms with Crippen LogP contribution in [0.4, 0.5) is 4.79 Å². The maximum Gasteiger partial charge on any atom is 0.346 e. The van der Waals surface area contributed by atoms with Crippen LogP contribution in [0, 0.1) is 11.8 Å². The van der Waals surface area contributed by atoms with E-state index in [0.717, 1.165) is 17.0 Å². The number of aromatic nitrogens is 3. The molecule has 1 amide bonds. The van der Waals surface area contributed by atoms with E-state index in [2.05, 4.69) is 10.1 Å². The second-order valence-corrected chi connectivity index (χ2v) is 7.50. The minimum atomic E-state index is -0.118. The molecule has 6 heteroatoms. The molecule has 0 N–H and O–H groups in total. The van der Waals surface area contributed by atoms with Gasteiger partial charge < -0.3 is 4.90 Å². The van der Waals surface area contributed by atoms with Crippen molar-refractivity contribution >= 4 is 17.8 Å². The van der Waals surface area contributed by atoms with Gasteiger partial charge in [-0.05, 0) is 44.9 Å². The van der Waals surface area contributed by atoms with Gasteiger partial charge in [0.2, 0.25) is 5.16 Å². The lowest BCUT2D eigenvalue weighted by Crippen LogP contribution is -2.36. The standard InChI is InChI=1S/C14H22N4OS/c1-9(2)17(3)14(19)18-8-15-13(16-18)20-12-7-10-4-5-11(12)6-10/h8-12H,4-7H2,1-3H3/t10-,11+,12+/m0/s1. The van der Waals surface area contributed by atoms with E-state index < -0.39 is 0 Å². The Bertz CT molecular complexity index is 501. The van der Waals surface area contributed by atoms with Crippen molar-refractivity contribution in [1.29, 1.82) is 0 Å². The highest BCUT2D eigenvalue weighted by molar-refractivity contribution is 7.99. The summed E-state index contributed by atoms with van der Waals surface area (Å²) in [6.45, 7) is 3.97. The molecule has 1 aromatic rings. The van der Waals surface area contributed by atoms with E-state index in [9.17, 15) is 4.79 Å². The number of hydrogen-bond acceptors (Lipinski definition) is 4. The summed E-state index contributed by atoms with van der Waals surface area (Å²) >= 11 is 1.76. The van der Waals surface area contributed by atoms with Gasteiger partial charge in [0.15, 0.2) is 0 Å². The van der Waals surface area contributed by atoms with Gasteiger partial charge in [0.1, 0.15) is 6.33 Å². The molecule has 0 unspecified atom stereocenters. The van der Waals surface area contributed by atoms with E-state index in [0.29, 0.717) is 5.25 Å². The first-order valence-electron chi connectivity index (χ1n) is 7.40. The molecule has 0 aliphatic heterocycles. The Labute approximate surface area is 124 Å². The lowest BCUT2D eigenvalue weighted by atomic mass is 10.0. The van der Waals surface area contributed by atoms with E-state index in [1.165, 1.54) is 36.7 Å². The SMILES string of the molecule is CC(C)N(C)C(=O)n1cnc(S[C@@H]2C[C@H]3CC[C@@H]2C3)n1. The lowest BCUT2D eigenvalue weighted by Gasteiger charge is -2.20. The molecule has 2 bridgehead atoms. The zero-order chi connectivity index (χ0) is 14.3. The van der Waals surface area contributed by atoms with Crippen molar-refractivity contribution in [3.05, 3.63) is 6.33 Å². The summed E-state index contributed by atoms with van der Waals surface area (Å²) in [5, 5.41) is 5.74. The number of carbonyl (C=O) groups is 1. The Morgan fingerprint density at radius 1 is 1.45 bits per heavy atom. The molecular formula is C14H22N4OS. The van der Waals surface area contributed by atoms with Gasteiger partial charge in [0, 0.05) is 18.3 Å². The zero-order valence-corrected chi connectivity index (χ0v) is 13.1. The van der Waals surface area contributed by atoms with Crippen LogP contribution >= 0.6 is 11.8 Å². The van der Waals surface area contributed by atoms with Crippen LogP contribution in [0.25, 0.3) is 0 Å². The molecule has 3 atom stereocenters. The van der Waals surface area contributed by atoms with Crippen molar-refractivity contribution in [2.75, 3.05) is 7.05 Å². The van der Waals surface area contributed by atoms with Gasteiger partial charge in [0.25, 0.3) is 0 Å². The van der Waals surface area contributed by atoms with Crippen LogP contribution in [-0.2, 0) is 0 Å². The maximum atomic E-state index is 12.1. The molecular weight excluding hydrogens is 272 g/mol. The minimum Gasteiger partial charge on any atom is -0.323 e. The second-order valence-electron chi connectivity index (χ2n) is 6.29. The van der Waals surface area contributed by atoms with Gasteiger partial charge in [0.05, 0.1) is 0 Å². The van der Waals surface area contributed by atoms with E-state index in [1.54, 1.807) is 23.7 Å². The summed E-state index contributed by atoms with van der Waals surface area (Å²) < 4.78 is 1.36. The first-order chi connectivity index (χ1) is 9.54. The van der Waals surface area contributed by atoms with Crippen molar-refractivity contribution in [1.82, 2.24) is 19.7 Å². The number of hydrogen-bond donors (Lipinski definition) is 0. The van der Waals surface area contributed by atoms with Gasteiger partial charge in [-0.2, -0.15) is 4.68 Å². The fourth-order valence-corrected chi connectivity index (χ4v) is 4.56. The largest absolute Gasteiger partial charge is 0.346 e. The normalized spacial score (nSPS) is 28.3. The number of nitrogens with zero attached hydrogens (tertiary/aromatic N) is 4. The van der Waals surface area contributed by atoms with Crippen molar-refractivity contribution in [3.63, 3.8) is 0 Å². The molecule has 0 radical (unpaired) electrons. The fraction of sp³-hybridized carbons (Fsp3) is 0.786. The molecule has 20 heavy (non-hydrogen) atoms. The molecule has 0 saturated heterocycles. The molecule has 110 valence electrons. The molecule has 1 heterocycles. The Hall–Kier alpha value is -1.04. The Kier molecular flexibility index (Phi) is 3.75. The van der Waals surface area contributed by atoms with Gasteiger partial charge in [-0.15, -0.1) is 5.10 Å². The van der Waals surface area contributed by atoms with Crippen LogP contribution in [0.2, 0.25) is 0 Å². The molecule has 0 spiro atoms. The van der Waals surface area contributed by atoms with Crippen molar-refractivity contribution in [2.45, 2.75) is 56.0 Å². The summed E-state index contributed by atoms with van der Waals surface area (Å²) in [4.78, 5) is 18.1. The summed E-state index contributed by atoms with van der Waals surface area (Å²) in [7, 11) is 1.79. The van der Waals surface area contributed by atoms with Crippen LogP contribution in [0.5, 0.6) is 0 Å². The molecule has 2 saturated carbocycles. The monoisotopic (exact) mass is 294 g/mol. The van der Waals surface area contributed by atoms with Crippen LogP contribution in [0.1, 0.15) is 39.5 Å². The van der Waals surface area contributed by atoms with E-state index in [4.69, 9.17) is 0 Å². The summed E-state index contributed by atoms with van der Waals surface area (Å²) in [5.41, 5.74) is 0. The van der Waals surface area contributed by atoms with Crippen LogP contribution in [-0.4, -0.2) is 44.0 Å². The first-order valence-corrected chi connectivity index (χ1v) is 8.28. The molecule has 2 aliphatic rings. The quantitative estimate of drug-likeness (QED) is 0.860. The van der Waals surface area contributed by atoms with Gasteiger partial charge >= 0.3 is 6.03 Å². The van der Waals surface area contributed by atoms with E-state index >= 15 is 0 Å².